The van der Waals surface area contributed by atoms with Gasteiger partial charge in [-0.2, -0.15) is 15.1 Å². The Labute approximate surface area is 186 Å². The maximum absolute atomic E-state index is 12.3. The molecule has 0 amide bonds. The molecular formula is C23H27N5O4. The lowest BCUT2D eigenvalue weighted by Crippen LogP contribution is -2.33. The smallest absolute Gasteiger partial charge is 0.357 e. The molecule has 2 aliphatic rings. The fourth-order valence-electron chi connectivity index (χ4n) is 4.07. The van der Waals surface area contributed by atoms with Gasteiger partial charge < -0.3 is 14.2 Å². The number of aromatic nitrogens is 4. The van der Waals surface area contributed by atoms with E-state index in [1.54, 1.807) is 10.9 Å². The summed E-state index contributed by atoms with van der Waals surface area (Å²) in [6.45, 7) is 4.97. The molecule has 3 aromatic rings. The second-order valence-corrected chi connectivity index (χ2v) is 8.28. The molecule has 0 unspecified atom stereocenters. The molecule has 4 heterocycles. The van der Waals surface area contributed by atoms with Crippen molar-refractivity contribution in [1.29, 1.82) is 0 Å². The predicted molar refractivity (Wildman–Crippen MR) is 117 cm³/mol. The summed E-state index contributed by atoms with van der Waals surface area (Å²) >= 11 is 0. The lowest BCUT2D eigenvalue weighted by atomic mass is 10.1. The Balaban J connectivity index is 1.37. The van der Waals surface area contributed by atoms with Crippen molar-refractivity contribution in [2.24, 2.45) is 0 Å². The second-order valence-electron chi connectivity index (χ2n) is 8.28. The monoisotopic (exact) mass is 437 g/mol. The van der Waals surface area contributed by atoms with Crippen molar-refractivity contribution < 1.29 is 19.0 Å². The molecule has 0 spiro atoms. The molecule has 2 fully saturated rings. The van der Waals surface area contributed by atoms with Gasteiger partial charge in [-0.1, -0.05) is 24.3 Å². The van der Waals surface area contributed by atoms with Crippen LogP contribution < -0.4 is 4.74 Å². The molecule has 0 N–H and O–H groups in total. The van der Waals surface area contributed by atoms with E-state index < -0.39 is 5.97 Å². The summed E-state index contributed by atoms with van der Waals surface area (Å²) in [5.74, 6) is -0.548. The van der Waals surface area contributed by atoms with Crippen LogP contribution in [0.25, 0.3) is 11.0 Å². The van der Waals surface area contributed by atoms with E-state index in [1.165, 1.54) is 38.6 Å². The summed E-state index contributed by atoms with van der Waals surface area (Å²) in [5, 5.41) is 4.99. The van der Waals surface area contributed by atoms with Crippen LogP contribution in [0.5, 0.6) is 6.01 Å². The van der Waals surface area contributed by atoms with Crippen LogP contribution in [0.15, 0.2) is 30.5 Å². The number of methoxy groups -OCH3 is 1. The number of ether oxygens (including phenoxy) is 3. The first-order valence-electron chi connectivity index (χ1n) is 11.1. The summed E-state index contributed by atoms with van der Waals surface area (Å²) in [7, 11) is 1.33. The Bertz CT molecular complexity index is 1090. The summed E-state index contributed by atoms with van der Waals surface area (Å²) in [5.41, 5.74) is 3.09. The highest BCUT2D eigenvalue weighted by atomic mass is 16.6. The molecule has 1 atom stereocenters. The number of nitrogens with zero attached hydrogens (tertiary/aromatic N) is 5. The van der Waals surface area contributed by atoms with Gasteiger partial charge in [0.25, 0.3) is 0 Å². The Morgan fingerprint density at radius 3 is 2.50 bits per heavy atom. The number of benzene rings is 1. The highest BCUT2D eigenvalue weighted by Gasteiger charge is 2.23. The maximum atomic E-state index is 12.3. The Morgan fingerprint density at radius 1 is 1.12 bits per heavy atom. The molecule has 5 rings (SSSR count). The lowest BCUT2D eigenvalue weighted by Gasteiger charge is -2.25. The van der Waals surface area contributed by atoms with Gasteiger partial charge >= 0.3 is 12.0 Å². The fourth-order valence-corrected chi connectivity index (χ4v) is 4.07. The van der Waals surface area contributed by atoms with Crippen LogP contribution in [0.3, 0.4) is 0 Å². The SMILES string of the molecule is COC(=O)c1nc(OC[C@H]2CCO2)nc2c1cnn2Cc1ccc(CN2CCCC2)cc1. The van der Waals surface area contributed by atoms with Gasteiger partial charge in [0.2, 0.25) is 0 Å². The first kappa shape index (κ1) is 20.8. The number of carbonyl (C=O) groups excluding carboxylic acids is 1. The molecule has 2 aliphatic heterocycles. The highest BCUT2D eigenvalue weighted by Crippen LogP contribution is 2.22. The number of rotatable bonds is 8. The van der Waals surface area contributed by atoms with Crippen LogP contribution in [-0.2, 0) is 22.6 Å². The van der Waals surface area contributed by atoms with Crippen LogP contribution in [0.2, 0.25) is 0 Å². The normalized spacial score (nSPS) is 18.6. The van der Waals surface area contributed by atoms with E-state index in [1.807, 2.05) is 0 Å². The third kappa shape index (κ3) is 4.44. The molecule has 168 valence electrons. The number of esters is 1. The van der Waals surface area contributed by atoms with Gasteiger partial charge in [0.05, 0.1) is 31.3 Å². The van der Waals surface area contributed by atoms with Crippen LogP contribution in [0.4, 0.5) is 0 Å². The van der Waals surface area contributed by atoms with Crippen molar-refractivity contribution in [3.63, 3.8) is 0 Å². The zero-order valence-corrected chi connectivity index (χ0v) is 18.2. The Hall–Kier alpha value is -3.04. The largest absolute Gasteiger partial charge is 0.464 e. The van der Waals surface area contributed by atoms with Crippen molar-refractivity contribution in [3.8, 4) is 6.01 Å². The molecule has 0 aliphatic carbocycles. The Kier molecular flexibility index (Phi) is 6.00. The molecule has 0 bridgehead atoms. The van der Waals surface area contributed by atoms with Crippen molar-refractivity contribution >= 4 is 17.0 Å². The zero-order valence-electron chi connectivity index (χ0n) is 18.2. The van der Waals surface area contributed by atoms with E-state index in [4.69, 9.17) is 14.2 Å². The molecule has 32 heavy (non-hydrogen) atoms. The van der Waals surface area contributed by atoms with E-state index in [-0.39, 0.29) is 17.8 Å². The molecular weight excluding hydrogens is 410 g/mol. The average Bonchev–Trinajstić information content (AvgIpc) is 3.43. The van der Waals surface area contributed by atoms with Crippen molar-refractivity contribution in [3.05, 3.63) is 47.3 Å². The summed E-state index contributed by atoms with van der Waals surface area (Å²) in [6.07, 6.45) is 5.17. The van der Waals surface area contributed by atoms with Crippen molar-refractivity contribution in [2.75, 3.05) is 33.4 Å². The third-order valence-electron chi connectivity index (χ3n) is 6.01. The molecule has 9 nitrogen and oxygen atoms in total. The molecule has 9 heteroatoms. The quantitative estimate of drug-likeness (QED) is 0.496. The minimum absolute atomic E-state index is 0.0415. The molecule has 2 saturated heterocycles. The van der Waals surface area contributed by atoms with Gasteiger partial charge in [-0.25, -0.2) is 9.48 Å². The number of likely N-dealkylation sites (tertiary alicyclic amines) is 1. The number of fused-ring (bicyclic) bond motifs is 1. The molecule has 0 saturated carbocycles. The molecule has 1 aromatic carbocycles. The van der Waals surface area contributed by atoms with E-state index in [0.717, 1.165) is 25.1 Å². The number of hydrogen-bond donors (Lipinski definition) is 0. The van der Waals surface area contributed by atoms with E-state index in [0.29, 0.717) is 24.2 Å². The van der Waals surface area contributed by atoms with Crippen LogP contribution >= 0.6 is 0 Å². The topological polar surface area (TPSA) is 91.6 Å². The zero-order chi connectivity index (χ0) is 21.9. The highest BCUT2D eigenvalue weighted by molar-refractivity contribution is 6.00. The summed E-state index contributed by atoms with van der Waals surface area (Å²) < 4.78 is 17.7. The first-order chi connectivity index (χ1) is 15.7. The van der Waals surface area contributed by atoms with Gasteiger partial charge in [-0.3, -0.25) is 4.90 Å². The maximum Gasteiger partial charge on any atom is 0.357 e. The molecule has 0 radical (unpaired) electrons. The fraction of sp³-hybridized carbons (Fsp3) is 0.478. The van der Waals surface area contributed by atoms with Gasteiger partial charge in [0, 0.05) is 19.6 Å². The standard InChI is InChI=1S/C23H27N5O4/c1-30-22(29)20-19-12-24-28(21(19)26-23(25-20)32-15-18-8-11-31-18)14-17-6-4-16(5-7-17)13-27-9-2-3-10-27/h4-7,12,18H,2-3,8-11,13-15H2,1H3/t18-/m1/s1. The van der Waals surface area contributed by atoms with Gasteiger partial charge in [0.15, 0.2) is 11.3 Å². The van der Waals surface area contributed by atoms with Crippen LogP contribution in [0, 0.1) is 0 Å². The average molecular weight is 438 g/mol. The summed E-state index contributed by atoms with van der Waals surface area (Å²) in [6, 6.07) is 8.69. The van der Waals surface area contributed by atoms with Crippen LogP contribution in [-0.4, -0.2) is 70.1 Å². The number of hydrogen-bond acceptors (Lipinski definition) is 8. The second kappa shape index (κ2) is 9.22. The van der Waals surface area contributed by atoms with Crippen molar-refractivity contribution in [1.82, 2.24) is 24.6 Å². The van der Waals surface area contributed by atoms with Gasteiger partial charge in [0.1, 0.15) is 6.61 Å². The van der Waals surface area contributed by atoms with Gasteiger partial charge in [-0.05, 0) is 37.1 Å². The van der Waals surface area contributed by atoms with Crippen LogP contribution in [0.1, 0.15) is 40.9 Å². The molecule has 2 aromatic heterocycles. The van der Waals surface area contributed by atoms with E-state index in [2.05, 4.69) is 44.2 Å². The lowest BCUT2D eigenvalue weighted by molar-refractivity contribution is -0.0733. The minimum atomic E-state index is -0.548. The van der Waals surface area contributed by atoms with Crippen molar-refractivity contribution in [2.45, 2.75) is 38.5 Å². The van der Waals surface area contributed by atoms with Gasteiger partial charge in [-0.15, -0.1) is 0 Å². The first-order valence-corrected chi connectivity index (χ1v) is 11.1. The number of carbonyl (C=O) groups is 1. The van der Waals surface area contributed by atoms with E-state index in [9.17, 15) is 4.79 Å². The predicted octanol–water partition coefficient (Wildman–Crippen LogP) is 2.42. The third-order valence-corrected chi connectivity index (χ3v) is 6.01. The summed E-state index contributed by atoms with van der Waals surface area (Å²) in [4.78, 5) is 23.6. The Morgan fingerprint density at radius 2 is 1.84 bits per heavy atom. The van der Waals surface area contributed by atoms with E-state index >= 15 is 0 Å². The minimum Gasteiger partial charge on any atom is -0.464 e.